The fourth-order valence-electron chi connectivity index (χ4n) is 2.64. The highest BCUT2D eigenvalue weighted by Crippen LogP contribution is 2.37. The molecule has 0 saturated heterocycles. The third kappa shape index (κ3) is 4.28. The second-order valence-electron chi connectivity index (χ2n) is 5.36. The van der Waals surface area contributed by atoms with Gasteiger partial charge >= 0.3 is 12.0 Å². The fourth-order valence-corrected chi connectivity index (χ4v) is 2.64. The molecule has 4 N–H and O–H groups in total. The molecule has 1 unspecified atom stereocenters. The van der Waals surface area contributed by atoms with Gasteiger partial charge in [0, 0.05) is 24.4 Å². The molecule has 0 radical (unpaired) electrons. The van der Waals surface area contributed by atoms with Crippen LogP contribution >= 0.6 is 0 Å². The zero-order valence-electron chi connectivity index (χ0n) is 14.1. The van der Waals surface area contributed by atoms with Crippen molar-refractivity contribution in [2.75, 3.05) is 13.2 Å². The quantitative estimate of drug-likeness (QED) is 0.595. The molecule has 3 amide bonds. The van der Waals surface area contributed by atoms with Crippen molar-refractivity contribution in [1.82, 2.24) is 16.0 Å². The maximum Gasteiger partial charge on any atom is 0.338 e. The van der Waals surface area contributed by atoms with Crippen LogP contribution in [0.1, 0.15) is 31.7 Å². The first-order chi connectivity index (χ1) is 12.0. The van der Waals surface area contributed by atoms with Crippen LogP contribution in [0.2, 0.25) is 0 Å². The zero-order valence-corrected chi connectivity index (χ0v) is 14.1. The van der Waals surface area contributed by atoms with Gasteiger partial charge in [0.25, 0.3) is 0 Å². The minimum absolute atomic E-state index is 0.0334. The van der Waals surface area contributed by atoms with Crippen LogP contribution in [0.15, 0.2) is 35.7 Å². The summed E-state index contributed by atoms with van der Waals surface area (Å²) in [5.41, 5.74) is 0.504. The molecule has 0 spiro atoms. The molecule has 1 aromatic rings. The van der Waals surface area contributed by atoms with Gasteiger partial charge in [0.15, 0.2) is 0 Å². The summed E-state index contributed by atoms with van der Waals surface area (Å²) in [6.07, 6.45) is -0.0493. The molecule has 1 aromatic carbocycles. The smallest absolute Gasteiger partial charge is 0.338 e. The fraction of sp³-hybridized carbons (Fsp3) is 0.353. The number of phenols is 1. The van der Waals surface area contributed by atoms with Crippen molar-refractivity contribution in [2.45, 2.75) is 26.2 Å². The Hall–Kier alpha value is -3.03. The van der Waals surface area contributed by atoms with E-state index in [0.29, 0.717) is 12.1 Å². The third-order valence-corrected chi connectivity index (χ3v) is 3.66. The average molecular weight is 347 g/mol. The Balaban J connectivity index is 2.51. The number of aromatic hydroxyl groups is 1. The number of esters is 1. The van der Waals surface area contributed by atoms with E-state index < -0.39 is 17.9 Å². The molecule has 25 heavy (non-hydrogen) atoms. The Kier molecular flexibility index (Phi) is 5.99. The van der Waals surface area contributed by atoms with Crippen LogP contribution in [0, 0.1) is 0 Å². The third-order valence-electron chi connectivity index (χ3n) is 3.66. The number of urea groups is 1. The summed E-state index contributed by atoms with van der Waals surface area (Å²) in [7, 11) is 0. The summed E-state index contributed by atoms with van der Waals surface area (Å²) in [5, 5.41) is 17.6. The zero-order chi connectivity index (χ0) is 18.4. The van der Waals surface area contributed by atoms with E-state index in [0.717, 1.165) is 0 Å². The monoisotopic (exact) mass is 347 g/mol. The van der Waals surface area contributed by atoms with Crippen molar-refractivity contribution in [1.29, 1.82) is 0 Å². The predicted octanol–water partition coefficient (Wildman–Crippen LogP) is 1.09. The molecule has 1 atom stereocenters. The van der Waals surface area contributed by atoms with E-state index in [1.54, 1.807) is 32.0 Å². The molecule has 1 aliphatic rings. The predicted molar refractivity (Wildman–Crippen MR) is 89.5 cm³/mol. The second-order valence-corrected chi connectivity index (χ2v) is 5.36. The number of hydrogen-bond donors (Lipinski definition) is 4. The summed E-state index contributed by atoms with van der Waals surface area (Å²) in [4.78, 5) is 36.4. The van der Waals surface area contributed by atoms with Gasteiger partial charge in [0.1, 0.15) is 11.6 Å². The molecular formula is C17H21N3O5. The number of nitrogens with one attached hydrogen (secondary N) is 3. The van der Waals surface area contributed by atoms with E-state index in [1.165, 1.54) is 6.07 Å². The first kappa shape index (κ1) is 18.3. The summed E-state index contributed by atoms with van der Waals surface area (Å²) in [6.45, 7) is 3.92. The number of carbonyl (C=O) groups excluding carboxylic acids is 3. The number of hydrogen-bond acceptors (Lipinski definition) is 5. The summed E-state index contributed by atoms with van der Waals surface area (Å²) in [5.74, 6) is -1.85. The van der Waals surface area contributed by atoms with Gasteiger partial charge in [-0.05, 0) is 19.9 Å². The van der Waals surface area contributed by atoms with Crippen molar-refractivity contribution < 1.29 is 24.2 Å². The van der Waals surface area contributed by atoms with Gasteiger partial charge in [-0.3, -0.25) is 10.1 Å². The summed E-state index contributed by atoms with van der Waals surface area (Å²) in [6, 6.07) is 5.88. The molecular weight excluding hydrogens is 326 g/mol. The van der Waals surface area contributed by atoms with Crippen molar-refractivity contribution >= 4 is 17.9 Å². The number of para-hydroxylation sites is 1. The summed E-state index contributed by atoms with van der Waals surface area (Å²) < 4.78 is 5.08. The topological polar surface area (TPSA) is 117 Å². The highest BCUT2D eigenvalue weighted by atomic mass is 16.5. The number of phenolic OH excluding ortho intramolecular Hbond substituents is 1. The van der Waals surface area contributed by atoms with Crippen LogP contribution < -0.4 is 16.0 Å². The number of amides is 3. The maximum atomic E-state index is 12.5. The van der Waals surface area contributed by atoms with Gasteiger partial charge in [-0.15, -0.1) is 0 Å². The molecule has 8 heteroatoms. The van der Waals surface area contributed by atoms with E-state index in [-0.39, 0.29) is 36.1 Å². The van der Waals surface area contributed by atoms with Crippen molar-refractivity contribution in [3.05, 3.63) is 41.2 Å². The highest BCUT2D eigenvalue weighted by molar-refractivity contribution is 5.97. The van der Waals surface area contributed by atoms with Crippen LogP contribution in [0.25, 0.3) is 0 Å². The van der Waals surface area contributed by atoms with Gasteiger partial charge in [-0.1, -0.05) is 18.2 Å². The highest BCUT2D eigenvalue weighted by Gasteiger charge is 2.36. The van der Waals surface area contributed by atoms with E-state index in [1.807, 2.05) is 0 Å². The maximum absolute atomic E-state index is 12.5. The lowest BCUT2D eigenvalue weighted by Crippen LogP contribution is -2.46. The Morgan fingerprint density at radius 1 is 1.32 bits per heavy atom. The van der Waals surface area contributed by atoms with Crippen LogP contribution in [0.3, 0.4) is 0 Å². The van der Waals surface area contributed by atoms with E-state index in [2.05, 4.69) is 16.0 Å². The molecule has 1 aliphatic heterocycles. The lowest BCUT2D eigenvalue weighted by molar-refractivity contribution is -0.139. The molecule has 0 saturated carbocycles. The van der Waals surface area contributed by atoms with Crippen molar-refractivity contribution in [2.24, 2.45) is 0 Å². The largest absolute Gasteiger partial charge is 0.508 e. The van der Waals surface area contributed by atoms with Crippen LogP contribution in [0.5, 0.6) is 5.75 Å². The van der Waals surface area contributed by atoms with Crippen molar-refractivity contribution in [3.8, 4) is 5.75 Å². The van der Waals surface area contributed by atoms with Gasteiger partial charge in [0.2, 0.25) is 5.91 Å². The second kappa shape index (κ2) is 8.18. The molecule has 2 rings (SSSR count). The Labute approximate surface area is 145 Å². The lowest BCUT2D eigenvalue weighted by atomic mass is 9.85. The Morgan fingerprint density at radius 2 is 2.04 bits per heavy atom. The summed E-state index contributed by atoms with van der Waals surface area (Å²) >= 11 is 0. The van der Waals surface area contributed by atoms with Crippen LogP contribution in [-0.4, -0.2) is 36.2 Å². The average Bonchev–Trinajstić information content (AvgIpc) is 2.55. The van der Waals surface area contributed by atoms with Gasteiger partial charge in [-0.25, -0.2) is 9.59 Å². The SMILES string of the molecule is CCNC(=O)NC1=C(C(=O)OCC)C(c2ccccc2O)CC(=O)N1. The van der Waals surface area contributed by atoms with Gasteiger partial charge in [-0.2, -0.15) is 0 Å². The minimum atomic E-state index is -0.731. The molecule has 0 bridgehead atoms. The van der Waals surface area contributed by atoms with E-state index in [4.69, 9.17) is 4.74 Å². The van der Waals surface area contributed by atoms with Gasteiger partial charge in [0.05, 0.1) is 12.2 Å². The Bertz CT molecular complexity index is 714. The molecule has 0 aliphatic carbocycles. The van der Waals surface area contributed by atoms with Crippen molar-refractivity contribution in [3.63, 3.8) is 0 Å². The van der Waals surface area contributed by atoms with Gasteiger partial charge < -0.3 is 20.5 Å². The number of carbonyl (C=O) groups is 3. The number of benzene rings is 1. The molecule has 0 aromatic heterocycles. The number of rotatable bonds is 5. The first-order valence-corrected chi connectivity index (χ1v) is 8.01. The number of ether oxygens (including phenoxy) is 1. The van der Waals surface area contributed by atoms with E-state index in [9.17, 15) is 19.5 Å². The minimum Gasteiger partial charge on any atom is -0.508 e. The molecule has 1 heterocycles. The molecule has 8 nitrogen and oxygen atoms in total. The lowest BCUT2D eigenvalue weighted by Gasteiger charge is -2.28. The Morgan fingerprint density at radius 3 is 2.68 bits per heavy atom. The van der Waals surface area contributed by atoms with Crippen LogP contribution in [-0.2, 0) is 14.3 Å². The normalized spacial score (nSPS) is 16.9. The van der Waals surface area contributed by atoms with E-state index >= 15 is 0 Å². The standard InChI is InChI=1S/C17H21N3O5/c1-3-18-17(24)20-15-14(16(23)25-4-2)11(9-13(22)19-15)10-7-5-6-8-12(10)21/h5-8,11,21H,3-4,9H2,1-2H3,(H,19,22)(H2,18,20,24). The molecule has 0 fully saturated rings. The molecule has 134 valence electrons. The van der Waals surface area contributed by atoms with Crippen LogP contribution in [0.4, 0.5) is 4.79 Å². The first-order valence-electron chi connectivity index (χ1n) is 8.01.